The number of aliphatic imine (C=N–C) groups is 1. The first kappa shape index (κ1) is 20.3. The van der Waals surface area contributed by atoms with Gasteiger partial charge < -0.3 is 15.1 Å². The van der Waals surface area contributed by atoms with Crippen LogP contribution in [0.3, 0.4) is 0 Å². The smallest absolute Gasteiger partial charge is 0.193 e. The van der Waals surface area contributed by atoms with Crippen molar-refractivity contribution in [1.29, 1.82) is 0 Å². The second kappa shape index (κ2) is 9.60. The maximum absolute atomic E-state index is 4.51. The molecular weight excluding hydrogens is 411 g/mol. The van der Waals surface area contributed by atoms with Gasteiger partial charge in [0.1, 0.15) is 0 Å². The van der Waals surface area contributed by atoms with Crippen molar-refractivity contribution in [2.75, 3.05) is 39.8 Å². The lowest BCUT2D eigenvalue weighted by Gasteiger charge is -2.38. The van der Waals surface area contributed by atoms with Gasteiger partial charge in [0, 0.05) is 32.7 Å². The van der Waals surface area contributed by atoms with Gasteiger partial charge in [0.05, 0.1) is 0 Å². The molecule has 1 saturated carbocycles. The van der Waals surface area contributed by atoms with Crippen LogP contribution in [0.5, 0.6) is 0 Å². The van der Waals surface area contributed by atoms with Crippen LogP contribution in [0.1, 0.15) is 64.7 Å². The third-order valence-electron chi connectivity index (χ3n) is 6.46. The molecule has 0 aromatic rings. The normalized spacial score (nSPS) is 27.0. The van der Waals surface area contributed by atoms with Crippen molar-refractivity contribution in [2.45, 2.75) is 70.8 Å². The fraction of sp³-hybridized carbons (Fsp3) is 0.947. The van der Waals surface area contributed by atoms with Crippen molar-refractivity contribution in [3.8, 4) is 0 Å². The van der Waals surface area contributed by atoms with E-state index in [9.17, 15) is 0 Å². The number of hydrogen-bond acceptors (Lipinski definition) is 2. The maximum atomic E-state index is 4.51. The molecule has 4 nitrogen and oxygen atoms in total. The second-order valence-electron chi connectivity index (χ2n) is 8.09. The van der Waals surface area contributed by atoms with Crippen molar-refractivity contribution in [3.63, 3.8) is 0 Å². The van der Waals surface area contributed by atoms with Crippen LogP contribution in [-0.4, -0.2) is 61.6 Å². The largest absolute Gasteiger partial charge is 0.356 e. The summed E-state index contributed by atoms with van der Waals surface area (Å²) in [6, 6.07) is 0.799. The molecule has 1 spiro atoms. The number of nitrogens with one attached hydrogen (secondary N) is 1. The highest BCUT2D eigenvalue weighted by Gasteiger charge is 2.43. The SMILES string of the molecule is CN=C(NCCCCN1CCCCC1C)N1CCC2(CCC2)C1.I. The first-order valence-electron chi connectivity index (χ1n) is 9.92. The molecular formula is C19H37IN4. The Morgan fingerprint density at radius 1 is 1.12 bits per heavy atom. The van der Waals surface area contributed by atoms with Crippen LogP contribution < -0.4 is 5.32 Å². The highest BCUT2D eigenvalue weighted by molar-refractivity contribution is 14.0. The van der Waals surface area contributed by atoms with Crippen molar-refractivity contribution in [1.82, 2.24) is 15.1 Å². The monoisotopic (exact) mass is 448 g/mol. The summed E-state index contributed by atoms with van der Waals surface area (Å²) >= 11 is 0. The van der Waals surface area contributed by atoms with E-state index in [1.165, 1.54) is 84.0 Å². The number of hydrogen-bond donors (Lipinski definition) is 1. The zero-order valence-corrected chi connectivity index (χ0v) is 18.1. The molecule has 140 valence electrons. The van der Waals surface area contributed by atoms with Crippen LogP contribution in [0, 0.1) is 5.41 Å². The maximum Gasteiger partial charge on any atom is 0.193 e. The predicted molar refractivity (Wildman–Crippen MR) is 113 cm³/mol. The van der Waals surface area contributed by atoms with Gasteiger partial charge in [-0.15, -0.1) is 24.0 Å². The minimum atomic E-state index is 0. The Balaban J connectivity index is 0.00000208. The molecule has 3 rings (SSSR count). The van der Waals surface area contributed by atoms with E-state index >= 15 is 0 Å². The topological polar surface area (TPSA) is 30.9 Å². The van der Waals surface area contributed by atoms with Crippen molar-refractivity contribution >= 4 is 29.9 Å². The minimum Gasteiger partial charge on any atom is -0.356 e. The van der Waals surface area contributed by atoms with Crippen molar-refractivity contribution in [3.05, 3.63) is 0 Å². The van der Waals surface area contributed by atoms with Crippen molar-refractivity contribution < 1.29 is 0 Å². The second-order valence-corrected chi connectivity index (χ2v) is 8.09. The van der Waals surface area contributed by atoms with Crippen LogP contribution in [0.15, 0.2) is 4.99 Å². The molecule has 1 unspecified atom stereocenters. The number of nitrogens with zero attached hydrogens (tertiary/aromatic N) is 3. The van der Waals surface area contributed by atoms with Gasteiger partial charge >= 0.3 is 0 Å². The summed E-state index contributed by atoms with van der Waals surface area (Å²) in [6.45, 7) is 8.48. The molecule has 5 heteroatoms. The Bertz CT molecular complexity index is 408. The third-order valence-corrected chi connectivity index (χ3v) is 6.46. The van der Waals surface area contributed by atoms with E-state index in [0.29, 0.717) is 5.41 Å². The van der Waals surface area contributed by atoms with Crippen LogP contribution >= 0.6 is 24.0 Å². The summed E-state index contributed by atoms with van der Waals surface area (Å²) < 4.78 is 0. The Hall–Kier alpha value is -0.0400. The molecule has 2 aliphatic heterocycles. The number of rotatable bonds is 5. The molecule has 0 aromatic carbocycles. The summed E-state index contributed by atoms with van der Waals surface area (Å²) in [7, 11) is 1.93. The van der Waals surface area contributed by atoms with Gasteiger partial charge in [0.2, 0.25) is 0 Å². The molecule has 1 atom stereocenters. The Kier molecular flexibility index (Phi) is 8.11. The van der Waals surface area contributed by atoms with Gasteiger partial charge in [-0.3, -0.25) is 4.99 Å². The van der Waals surface area contributed by atoms with Crippen LogP contribution in [-0.2, 0) is 0 Å². The van der Waals surface area contributed by atoms with Gasteiger partial charge in [-0.2, -0.15) is 0 Å². The molecule has 1 N–H and O–H groups in total. The molecule has 2 saturated heterocycles. The molecule has 0 radical (unpaired) electrons. The standard InChI is InChI=1S/C19H36N4.HI/c1-17-8-3-5-13-22(17)14-6-4-12-21-18(20-2)23-15-11-19(16-23)9-7-10-19;/h17H,3-16H2,1-2H3,(H,20,21);1H. The lowest BCUT2D eigenvalue weighted by molar-refractivity contribution is 0.151. The van der Waals surface area contributed by atoms with Crippen LogP contribution in [0.4, 0.5) is 0 Å². The number of likely N-dealkylation sites (tertiary alicyclic amines) is 2. The average Bonchev–Trinajstić information content (AvgIpc) is 2.98. The molecule has 3 aliphatic rings. The van der Waals surface area contributed by atoms with E-state index < -0.39 is 0 Å². The average molecular weight is 448 g/mol. The Morgan fingerprint density at radius 2 is 1.96 bits per heavy atom. The van der Waals surface area contributed by atoms with E-state index in [0.717, 1.165) is 18.5 Å². The molecule has 24 heavy (non-hydrogen) atoms. The number of halogens is 1. The molecule has 1 aliphatic carbocycles. The van der Waals surface area contributed by atoms with E-state index in [1.54, 1.807) is 0 Å². The Morgan fingerprint density at radius 3 is 2.58 bits per heavy atom. The first-order valence-corrected chi connectivity index (χ1v) is 9.92. The zero-order valence-electron chi connectivity index (χ0n) is 15.7. The quantitative estimate of drug-likeness (QED) is 0.301. The van der Waals surface area contributed by atoms with Gasteiger partial charge in [-0.25, -0.2) is 0 Å². The molecule has 0 aromatic heterocycles. The summed E-state index contributed by atoms with van der Waals surface area (Å²) in [6.07, 6.45) is 12.5. The highest BCUT2D eigenvalue weighted by atomic mass is 127. The summed E-state index contributed by atoms with van der Waals surface area (Å²) in [5.74, 6) is 1.14. The summed E-state index contributed by atoms with van der Waals surface area (Å²) in [4.78, 5) is 9.69. The van der Waals surface area contributed by atoms with Gasteiger partial charge in [0.15, 0.2) is 5.96 Å². The summed E-state index contributed by atoms with van der Waals surface area (Å²) in [5, 5.41) is 3.60. The fourth-order valence-electron chi connectivity index (χ4n) is 4.66. The van der Waals surface area contributed by atoms with Gasteiger partial charge in [-0.1, -0.05) is 12.8 Å². The van der Waals surface area contributed by atoms with E-state index in [-0.39, 0.29) is 24.0 Å². The van der Waals surface area contributed by atoms with Gasteiger partial charge in [0.25, 0.3) is 0 Å². The molecule has 3 fully saturated rings. The third kappa shape index (κ3) is 4.99. The predicted octanol–water partition coefficient (Wildman–Crippen LogP) is 3.71. The lowest BCUT2D eigenvalue weighted by atomic mass is 9.68. The van der Waals surface area contributed by atoms with Crippen molar-refractivity contribution in [2.24, 2.45) is 10.4 Å². The molecule has 0 bridgehead atoms. The van der Waals surface area contributed by atoms with E-state index in [4.69, 9.17) is 0 Å². The number of piperidine rings is 1. The number of guanidine groups is 1. The minimum absolute atomic E-state index is 0. The molecule has 0 amide bonds. The van der Waals surface area contributed by atoms with Crippen LogP contribution in [0.2, 0.25) is 0 Å². The van der Waals surface area contributed by atoms with E-state index in [2.05, 4.69) is 27.0 Å². The highest BCUT2D eigenvalue weighted by Crippen LogP contribution is 2.47. The fourth-order valence-corrected chi connectivity index (χ4v) is 4.66. The molecule has 2 heterocycles. The van der Waals surface area contributed by atoms with E-state index in [1.807, 2.05) is 7.05 Å². The van der Waals surface area contributed by atoms with Gasteiger partial charge in [-0.05, 0) is 70.4 Å². The Labute approximate surface area is 165 Å². The van der Waals surface area contributed by atoms with Crippen LogP contribution in [0.25, 0.3) is 0 Å². The lowest BCUT2D eigenvalue weighted by Crippen LogP contribution is -2.43. The summed E-state index contributed by atoms with van der Waals surface area (Å²) in [5.41, 5.74) is 0.655. The zero-order chi connectivity index (χ0) is 16.1. The first-order chi connectivity index (χ1) is 11.2. The number of unbranched alkanes of at least 4 members (excludes halogenated alkanes) is 1.